The van der Waals surface area contributed by atoms with Gasteiger partial charge in [-0.3, -0.25) is 9.59 Å². The smallest absolute Gasteiger partial charge is 0.339 e. The maximum atomic E-state index is 13.2. The normalized spacial score (nSPS) is 10.1. The van der Waals surface area contributed by atoms with Crippen LogP contribution in [0, 0.1) is 11.3 Å². The second-order valence-corrected chi connectivity index (χ2v) is 7.56. The van der Waals surface area contributed by atoms with E-state index < -0.39 is 24.3 Å². The van der Waals surface area contributed by atoms with Crippen molar-refractivity contribution in [1.82, 2.24) is 0 Å². The number of amides is 1. The van der Waals surface area contributed by atoms with Crippen molar-refractivity contribution in [3.05, 3.63) is 89.0 Å². The summed E-state index contributed by atoms with van der Waals surface area (Å²) in [5.74, 6) is -0.771. The number of nitriles is 1. The summed E-state index contributed by atoms with van der Waals surface area (Å²) in [4.78, 5) is 38.3. The van der Waals surface area contributed by atoms with Crippen molar-refractivity contribution in [3.8, 4) is 17.6 Å². The first kappa shape index (κ1) is 26.0. The molecule has 184 valence electrons. The molecule has 1 N–H and O–H groups in total. The fraction of sp³-hybridized carbons (Fsp3) is 0.214. The van der Waals surface area contributed by atoms with Gasteiger partial charge < -0.3 is 19.5 Å². The molecule has 3 rings (SSSR count). The van der Waals surface area contributed by atoms with Crippen molar-refractivity contribution in [1.29, 1.82) is 5.26 Å². The number of carbonyl (C=O) groups is 3. The highest BCUT2D eigenvalue weighted by molar-refractivity contribution is 6.14. The molecule has 0 saturated carbocycles. The Balaban J connectivity index is 1.70. The molecule has 0 saturated heterocycles. The van der Waals surface area contributed by atoms with E-state index in [1.807, 2.05) is 13.8 Å². The van der Waals surface area contributed by atoms with Gasteiger partial charge in [0.15, 0.2) is 23.9 Å². The zero-order chi connectivity index (χ0) is 25.9. The van der Waals surface area contributed by atoms with Gasteiger partial charge >= 0.3 is 5.97 Å². The van der Waals surface area contributed by atoms with E-state index in [9.17, 15) is 14.4 Å². The molecule has 0 aliphatic rings. The summed E-state index contributed by atoms with van der Waals surface area (Å²) in [6, 6.07) is 19.9. The van der Waals surface area contributed by atoms with Crippen LogP contribution in [0.2, 0.25) is 0 Å². The summed E-state index contributed by atoms with van der Waals surface area (Å²) in [6.07, 6.45) is 0.271. The minimum Gasteiger partial charge on any atom is -0.490 e. The number of nitrogens with one attached hydrogen (secondary N) is 1. The molecule has 3 aromatic rings. The van der Waals surface area contributed by atoms with Crippen molar-refractivity contribution in [2.45, 2.75) is 20.3 Å². The van der Waals surface area contributed by atoms with E-state index in [-0.39, 0.29) is 17.5 Å². The zero-order valence-corrected chi connectivity index (χ0v) is 20.1. The average molecular weight is 487 g/mol. The SMILES string of the molecule is CCOc1ccc(C(=O)c2ccccc2C(=O)OCC(=O)Nc2ccc(CC#N)cc2)cc1OCC. The van der Waals surface area contributed by atoms with Crippen LogP contribution in [0.5, 0.6) is 11.5 Å². The molecule has 36 heavy (non-hydrogen) atoms. The number of benzene rings is 3. The van der Waals surface area contributed by atoms with E-state index in [2.05, 4.69) is 11.4 Å². The molecule has 0 atom stereocenters. The Labute approximate surface area is 209 Å². The molecular weight excluding hydrogens is 460 g/mol. The lowest BCUT2D eigenvalue weighted by Crippen LogP contribution is -2.22. The molecule has 0 aromatic heterocycles. The van der Waals surface area contributed by atoms with Crippen LogP contribution in [0.3, 0.4) is 0 Å². The van der Waals surface area contributed by atoms with E-state index in [4.69, 9.17) is 19.5 Å². The summed E-state index contributed by atoms with van der Waals surface area (Å²) in [7, 11) is 0. The molecule has 0 radical (unpaired) electrons. The third-order valence-corrected chi connectivity index (χ3v) is 5.05. The summed E-state index contributed by atoms with van der Waals surface area (Å²) < 4.78 is 16.3. The van der Waals surface area contributed by atoms with Gasteiger partial charge in [-0.25, -0.2) is 4.79 Å². The van der Waals surface area contributed by atoms with E-state index >= 15 is 0 Å². The Morgan fingerprint density at radius 3 is 2.19 bits per heavy atom. The lowest BCUT2D eigenvalue weighted by atomic mass is 9.98. The molecule has 0 spiro atoms. The number of ether oxygens (including phenoxy) is 3. The number of hydrogen-bond donors (Lipinski definition) is 1. The molecule has 0 aliphatic carbocycles. The number of carbonyl (C=O) groups excluding carboxylic acids is 3. The number of hydrogen-bond acceptors (Lipinski definition) is 7. The minimum atomic E-state index is -0.797. The Kier molecular flexibility index (Phi) is 9.18. The molecule has 1 amide bonds. The van der Waals surface area contributed by atoms with E-state index in [1.54, 1.807) is 54.6 Å². The third-order valence-electron chi connectivity index (χ3n) is 5.05. The Morgan fingerprint density at radius 1 is 0.861 bits per heavy atom. The molecule has 8 heteroatoms. The van der Waals surface area contributed by atoms with Gasteiger partial charge in [-0.05, 0) is 55.8 Å². The molecule has 0 aliphatic heterocycles. The third kappa shape index (κ3) is 6.70. The first-order valence-electron chi connectivity index (χ1n) is 11.4. The number of rotatable bonds is 11. The quantitative estimate of drug-likeness (QED) is 0.312. The summed E-state index contributed by atoms with van der Waals surface area (Å²) in [5.41, 5.74) is 1.84. The molecule has 0 bridgehead atoms. The van der Waals surface area contributed by atoms with Gasteiger partial charge in [0, 0.05) is 16.8 Å². The topological polar surface area (TPSA) is 115 Å². The second-order valence-electron chi connectivity index (χ2n) is 7.56. The molecule has 8 nitrogen and oxygen atoms in total. The number of anilines is 1. The monoisotopic (exact) mass is 486 g/mol. The summed E-state index contributed by atoms with van der Waals surface area (Å²) in [5, 5.41) is 11.4. The van der Waals surface area contributed by atoms with E-state index in [1.165, 1.54) is 12.1 Å². The predicted octanol–water partition coefficient (Wildman–Crippen LogP) is 4.58. The van der Waals surface area contributed by atoms with Crippen LogP contribution < -0.4 is 14.8 Å². The largest absolute Gasteiger partial charge is 0.490 e. The van der Waals surface area contributed by atoms with Gasteiger partial charge in [0.2, 0.25) is 0 Å². The lowest BCUT2D eigenvalue weighted by molar-refractivity contribution is -0.119. The maximum Gasteiger partial charge on any atom is 0.339 e. The predicted molar refractivity (Wildman–Crippen MR) is 133 cm³/mol. The van der Waals surface area contributed by atoms with Gasteiger partial charge in [0.25, 0.3) is 5.91 Å². The standard InChI is InChI=1S/C28H26N2O6/c1-3-34-24-14-11-20(17-25(24)35-4-2)27(32)22-7-5-6-8-23(22)28(33)36-18-26(31)30-21-12-9-19(10-13-21)15-16-29/h5-14,17H,3-4,15,18H2,1-2H3,(H,30,31). The van der Waals surface area contributed by atoms with Crippen LogP contribution in [0.15, 0.2) is 66.7 Å². The fourth-order valence-electron chi connectivity index (χ4n) is 3.41. The first-order chi connectivity index (χ1) is 17.5. The van der Waals surface area contributed by atoms with Crippen molar-refractivity contribution < 1.29 is 28.6 Å². The van der Waals surface area contributed by atoms with Crippen LogP contribution >= 0.6 is 0 Å². The molecule has 0 unspecified atom stereocenters. The van der Waals surface area contributed by atoms with Gasteiger partial charge in [0.05, 0.1) is 31.3 Å². The fourth-order valence-corrected chi connectivity index (χ4v) is 3.41. The van der Waals surface area contributed by atoms with E-state index in [0.29, 0.717) is 36.0 Å². The number of nitrogens with zero attached hydrogens (tertiary/aromatic N) is 1. The van der Waals surface area contributed by atoms with Crippen molar-refractivity contribution in [2.75, 3.05) is 25.1 Å². The zero-order valence-electron chi connectivity index (χ0n) is 20.1. The summed E-state index contributed by atoms with van der Waals surface area (Å²) in [6.45, 7) is 3.99. The Morgan fingerprint density at radius 2 is 1.53 bits per heavy atom. The van der Waals surface area contributed by atoms with Gasteiger partial charge in [-0.1, -0.05) is 30.3 Å². The number of ketones is 1. The van der Waals surface area contributed by atoms with Crippen LogP contribution in [0.25, 0.3) is 0 Å². The average Bonchev–Trinajstić information content (AvgIpc) is 2.89. The Bertz CT molecular complexity index is 1280. The second kappa shape index (κ2) is 12.7. The van der Waals surface area contributed by atoms with Crippen LogP contribution in [-0.2, 0) is 16.0 Å². The Hall–Kier alpha value is -4.64. The van der Waals surface area contributed by atoms with Crippen LogP contribution in [0.4, 0.5) is 5.69 Å². The highest BCUT2D eigenvalue weighted by Crippen LogP contribution is 2.30. The molecule has 3 aromatic carbocycles. The lowest BCUT2D eigenvalue weighted by Gasteiger charge is -2.13. The first-order valence-corrected chi connectivity index (χ1v) is 11.4. The van der Waals surface area contributed by atoms with Crippen LogP contribution in [-0.4, -0.2) is 37.5 Å². The summed E-state index contributed by atoms with van der Waals surface area (Å²) >= 11 is 0. The van der Waals surface area contributed by atoms with Crippen molar-refractivity contribution in [3.63, 3.8) is 0 Å². The van der Waals surface area contributed by atoms with Crippen molar-refractivity contribution >= 4 is 23.3 Å². The van der Waals surface area contributed by atoms with Gasteiger partial charge in [-0.15, -0.1) is 0 Å². The molecular formula is C28H26N2O6. The molecule has 0 heterocycles. The molecule has 0 fully saturated rings. The van der Waals surface area contributed by atoms with Gasteiger partial charge in [0.1, 0.15) is 0 Å². The number of esters is 1. The van der Waals surface area contributed by atoms with E-state index in [0.717, 1.165) is 5.56 Å². The minimum absolute atomic E-state index is 0.0444. The van der Waals surface area contributed by atoms with Gasteiger partial charge in [-0.2, -0.15) is 5.26 Å². The van der Waals surface area contributed by atoms with Crippen LogP contribution in [0.1, 0.15) is 45.7 Å². The van der Waals surface area contributed by atoms with Crippen molar-refractivity contribution in [2.24, 2.45) is 0 Å². The highest BCUT2D eigenvalue weighted by Gasteiger charge is 2.21. The highest BCUT2D eigenvalue weighted by atomic mass is 16.5. The maximum absolute atomic E-state index is 13.2.